The molecule has 0 bridgehead atoms. The summed E-state index contributed by atoms with van der Waals surface area (Å²) in [7, 11) is 3.09. The van der Waals surface area contributed by atoms with Crippen LogP contribution in [0.1, 0.15) is 60.9 Å². The zero-order valence-corrected chi connectivity index (χ0v) is 29.7. The van der Waals surface area contributed by atoms with Gasteiger partial charge >= 0.3 is 6.18 Å². The number of nitrogens with one attached hydrogen (secondary N) is 2. The molecule has 0 spiro atoms. The third-order valence-electron chi connectivity index (χ3n) is 9.59. The van der Waals surface area contributed by atoms with E-state index in [0.717, 1.165) is 60.5 Å². The lowest BCUT2D eigenvalue weighted by molar-refractivity contribution is -0.137. The first-order valence-electron chi connectivity index (χ1n) is 16.7. The average molecular weight is 700 g/mol. The molecule has 1 heterocycles. The lowest BCUT2D eigenvalue weighted by Crippen LogP contribution is -2.59. The van der Waals surface area contributed by atoms with Crippen LogP contribution < -0.4 is 15.5 Å². The SMILES string of the molecule is CN=C(C=C(C)C)c1cc(C(F)(F)F)ccc1NC(=O)/C(Cc1ccc(OCCN2CCOCC2)c(C)c1C)=C(\O)C1(N(C)NC=O)CCC1. The Morgan fingerprint density at radius 1 is 1.14 bits per heavy atom. The number of likely N-dealkylation sites (N-methyl/N-ethyl adjacent to an activating group) is 1. The molecule has 10 nitrogen and oxygen atoms in total. The summed E-state index contributed by atoms with van der Waals surface area (Å²) in [5.74, 6) is -0.197. The van der Waals surface area contributed by atoms with Crippen molar-refractivity contribution in [3.8, 4) is 5.75 Å². The van der Waals surface area contributed by atoms with Gasteiger partial charge < -0.3 is 19.9 Å². The Hall–Kier alpha value is -4.20. The number of alkyl halides is 3. The lowest BCUT2D eigenvalue weighted by atomic mass is 9.73. The number of aliphatic hydroxyl groups excluding tert-OH is 1. The number of carbonyl (C=O) groups is 2. The standard InChI is InChI=1S/C37H48F3N5O5/c1-24(2)20-32(41-5)29-22-28(37(38,39)40)9-10-31(29)43-35(48)30(34(47)36(12-7-13-36)44(6)42-23-46)21-27-8-11-33(26(4)25(27)3)50-19-16-45-14-17-49-18-15-45/h8-11,20,22-23,47H,7,12-19,21H2,1-6H3,(H,42,46)(H,43,48)/b34-30-,41-32?. The summed E-state index contributed by atoms with van der Waals surface area (Å²) in [4.78, 5) is 32.2. The van der Waals surface area contributed by atoms with Gasteiger partial charge in [0.15, 0.2) is 0 Å². The number of aliphatic hydroxyl groups is 1. The average Bonchev–Trinajstić information content (AvgIpc) is 3.05. The fourth-order valence-electron chi connectivity index (χ4n) is 6.27. The highest BCUT2D eigenvalue weighted by molar-refractivity contribution is 6.15. The first kappa shape index (κ1) is 38.6. The van der Waals surface area contributed by atoms with E-state index >= 15 is 0 Å². The second-order valence-corrected chi connectivity index (χ2v) is 13.0. The van der Waals surface area contributed by atoms with Gasteiger partial charge in [-0.05, 0) is 94.0 Å². The maximum atomic E-state index is 14.3. The second kappa shape index (κ2) is 16.7. The lowest BCUT2D eigenvalue weighted by Gasteiger charge is -2.47. The number of hydrazine groups is 1. The summed E-state index contributed by atoms with van der Waals surface area (Å²) < 4.78 is 53.0. The summed E-state index contributed by atoms with van der Waals surface area (Å²) in [5, 5.41) is 16.2. The van der Waals surface area contributed by atoms with E-state index in [1.54, 1.807) is 27.0 Å². The number of amides is 2. The highest BCUT2D eigenvalue weighted by atomic mass is 19.4. The van der Waals surface area contributed by atoms with E-state index in [1.165, 1.54) is 18.1 Å². The van der Waals surface area contributed by atoms with Crippen molar-refractivity contribution in [1.82, 2.24) is 15.3 Å². The van der Waals surface area contributed by atoms with Crippen molar-refractivity contribution in [1.29, 1.82) is 0 Å². The molecule has 2 aromatic rings. The molecule has 2 fully saturated rings. The van der Waals surface area contributed by atoms with Crippen molar-refractivity contribution in [2.75, 3.05) is 58.9 Å². The van der Waals surface area contributed by atoms with Crippen molar-refractivity contribution in [2.24, 2.45) is 4.99 Å². The number of hydrogen-bond acceptors (Lipinski definition) is 8. The summed E-state index contributed by atoms with van der Waals surface area (Å²) in [6.07, 6.45) is -0.778. The Morgan fingerprint density at radius 2 is 1.84 bits per heavy atom. The molecule has 272 valence electrons. The zero-order valence-electron chi connectivity index (χ0n) is 29.7. The van der Waals surface area contributed by atoms with E-state index in [0.29, 0.717) is 44.8 Å². The van der Waals surface area contributed by atoms with Gasteiger partial charge in [0.2, 0.25) is 6.41 Å². The molecule has 2 aromatic carbocycles. The fourth-order valence-corrected chi connectivity index (χ4v) is 6.27. The van der Waals surface area contributed by atoms with Crippen LogP contribution in [0.25, 0.3) is 0 Å². The van der Waals surface area contributed by atoms with Gasteiger partial charge in [0.05, 0.1) is 41.3 Å². The van der Waals surface area contributed by atoms with Gasteiger partial charge in [-0.2, -0.15) is 13.2 Å². The molecule has 50 heavy (non-hydrogen) atoms. The molecule has 0 aromatic heterocycles. The Bertz CT molecular complexity index is 1640. The highest BCUT2D eigenvalue weighted by Gasteiger charge is 2.47. The molecule has 3 N–H and O–H groups in total. The number of aliphatic imine (C=N–C) groups is 1. The van der Waals surface area contributed by atoms with E-state index < -0.39 is 23.2 Å². The molecule has 0 radical (unpaired) electrons. The van der Waals surface area contributed by atoms with Crippen molar-refractivity contribution in [3.63, 3.8) is 0 Å². The number of morpholine rings is 1. The van der Waals surface area contributed by atoms with Crippen LogP contribution in [-0.2, 0) is 26.9 Å². The van der Waals surface area contributed by atoms with E-state index in [9.17, 15) is 27.9 Å². The summed E-state index contributed by atoms with van der Waals surface area (Å²) in [5.41, 5.74) is 4.43. The fraction of sp³-hybridized carbons (Fsp3) is 0.486. The van der Waals surface area contributed by atoms with Crippen molar-refractivity contribution >= 4 is 23.7 Å². The third-order valence-corrected chi connectivity index (χ3v) is 9.59. The first-order valence-corrected chi connectivity index (χ1v) is 16.7. The van der Waals surface area contributed by atoms with Crippen LogP contribution in [0.3, 0.4) is 0 Å². The van der Waals surface area contributed by atoms with Crippen LogP contribution >= 0.6 is 0 Å². The molecule has 2 amide bonds. The maximum absolute atomic E-state index is 14.3. The molecule has 2 aliphatic rings. The van der Waals surface area contributed by atoms with Crippen molar-refractivity contribution in [2.45, 2.75) is 65.1 Å². The highest BCUT2D eigenvalue weighted by Crippen LogP contribution is 2.43. The molecular weight excluding hydrogens is 651 g/mol. The summed E-state index contributed by atoms with van der Waals surface area (Å²) in [6.45, 7) is 11.8. The molecule has 0 atom stereocenters. The van der Waals surface area contributed by atoms with Gasteiger partial charge in [-0.3, -0.25) is 24.9 Å². The number of ether oxygens (including phenoxy) is 2. The summed E-state index contributed by atoms with van der Waals surface area (Å²) in [6, 6.07) is 6.76. The molecule has 1 aliphatic heterocycles. The zero-order chi connectivity index (χ0) is 36.6. The van der Waals surface area contributed by atoms with Crippen LogP contribution in [0, 0.1) is 13.8 Å². The van der Waals surface area contributed by atoms with Crippen LogP contribution in [0.2, 0.25) is 0 Å². The predicted octanol–water partition coefficient (Wildman–Crippen LogP) is 5.93. The van der Waals surface area contributed by atoms with Gasteiger partial charge in [0.25, 0.3) is 5.91 Å². The third kappa shape index (κ3) is 8.93. The Balaban J connectivity index is 1.73. The topological polar surface area (TPSA) is 116 Å². The van der Waals surface area contributed by atoms with Gasteiger partial charge in [0.1, 0.15) is 18.1 Å². The normalized spacial score (nSPS) is 17.0. The Kier molecular flexibility index (Phi) is 12.9. The quantitative estimate of drug-likeness (QED) is 0.0737. The number of benzene rings is 2. The van der Waals surface area contributed by atoms with E-state index in [1.807, 2.05) is 26.0 Å². The number of anilines is 1. The van der Waals surface area contributed by atoms with Crippen molar-refractivity contribution < 1.29 is 37.3 Å². The molecule has 1 aliphatic carbocycles. The van der Waals surface area contributed by atoms with Gasteiger partial charge in [-0.25, -0.2) is 5.01 Å². The van der Waals surface area contributed by atoms with Crippen LogP contribution in [-0.4, -0.2) is 92.1 Å². The number of nitrogens with zero attached hydrogens (tertiary/aromatic N) is 3. The number of rotatable bonds is 14. The largest absolute Gasteiger partial charge is 0.510 e. The van der Waals surface area contributed by atoms with E-state index in [2.05, 4.69) is 20.6 Å². The molecule has 13 heteroatoms. The minimum Gasteiger partial charge on any atom is -0.510 e. The smallest absolute Gasteiger partial charge is 0.416 e. The number of halogens is 3. The van der Waals surface area contributed by atoms with E-state index in [-0.39, 0.29) is 34.7 Å². The monoisotopic (exact) mass is 699 g/mol. The van der Waals surface area contributed by atoms with Crippen LogP contribution in [0.4, 0.5) is 18.9 Å². The number of hydrogen-bond donors (Lipinski definition) is 3. The minimum absolute atomic E-state index is 0.00768. The second-order valence-electron chi connectivity index (χ2n) is 13.0. The molecular formula is C37H48F3N5O5. The maximum Gasteiger partial charge on any atom is 0.416 e. The minimum atomic E-state index is -4.62. The molecule has 0 unspecified atom stereocenters. The number of carbonyl (C=O) groups excluding carboxylic acids is 2. The summed E-state index contributed by atoms with van der Waals surface area (Å²) >= 11 is 0. The number of allylic oxidation sites excluding steroid dienone is 2. The van der Waals surface area contributed by atoms with Crippen molar-refractivity contribution in [3.05, 3.63) is 81.1 Å². The molecule has 4 rings (SSSR count). The van der Waals surface area contributed by atoms with Gasteiger partial charge in [-0.15, -0.1) is 0 Å². The molecule has 1 saturated carbocycles. The Labute approximate surface area is 292 Å². The first-order chi connectivity index (χ1) is 23.7. The predicted molar refractivity (Wildman–Crippen MR) is 188 cm³/mol. The van der Waals surface area contributed by atoms with Gasteiger partial charge in [-0.1, -0.05) is 11.6 Å². The van der Waals surface area contributed by atoms with Gasteiger partial charge in [0, 0.05) is 45.7 Å². The molecule has 1 saturated heterocycles. The van der Waals surface area contributed by atoms with E-state index in [4.69, 9.17) is 9.47 Å². The van der Waals surface area contributed by atoms with Crippen LogP contribution in [0.5, 0.6) is 5.75 Å². The Morgan fingerprint density at radius 3 is 2.42 bits per heavy atom. The van der Waals surface area contributed by atoms with Crippen LogP contribution in [0.15, 0.2) is 58.3 Å².